The molecule has 1 saturated carbocycles. The van der Waals surface area contributed by atoms with Gasteiger partial charge in [-0.05, 0) is 19.3 Å². The Morgan fingerprint density at radius 3 is 2.71 bits per heavy atom. The smallest absolute Gasteiger partial charge is 0.322 e. The Morgan fingerprint density at radius 2 is 2.24 bits per heavy atom. The summed E-state index contributed by atoms with van der Waals surface area (Å²) in [5.41, 5.74) is -0.617. The van der Waals surface area contributed by atoms with Crippen molar-refractivity contribution in [3.05, 3.63) is 11.7 Å². The molecular formula is C12H15N5O4. The van der Waals surface area contributed by atoms with Crippen molar-refractivity contribution in [3.8, 4) is 0 Å². The molecule has 1 aliphatic carbocycles. The van der Waals surface area contributed by atoms with Gasteiger partial charge in [-0.15, -0.1) is 0 Å². The maximum atomic E-state index is 12.1. The molecule has 0 aromatic carbocycles. The quantitative estimate of drug-likeness (QED) is 0.641. The Morgan fingerprint density at radius 1 is 1.48 bits per heavy atom. The normalized spacial score (nSPS) is 23.2. The fourth-order valence-electron chi connectivity index (χ4n) is 2.53. The highest BCUT2D eigenvalue weighted by molar-refractivity contribution is 6.05. The maximum absolute atomic E-state index is 12.1. The molecule has 0 radical (unpaired) electrons. The summed E-state index contributed by atoms with van der Waals surface area (Å²) in [6, 6.07) is -1.41. The van der Waals surface area contributed by atoms with Gasteiger partial charge in [0, 0.05) is 6.92 Å². The van der Waals surface area contributed by atoms with E-state index in [2.05, 4.69) is 26.1 Å². The van der Waals surface area contributed by atoms with Crippen molar-refractivity contribution in [1.29, 1.82) is 0 Å². The second-order valence-electron chi connectivity index (χ2n) is 5.34. The Balaban J connectivity index is 1.66. The molecule has 2 heterocycles. The zero-order valence-electron chi connectivity index (χ0n) is 11.4. The van der Waals surface area contributed by atoms with E-state index in [1.165, 1.54) is 0 Å². The second-order valence-corrected chi connectivity index (χ2v) is 5.34. The van der Waals surface area contributed by atoms with Gasteiger partial charge in [-0.3, -0.25) is 14.9 Å². The van der Waals surface area contributed by atoms with Crippen LogP contribution in [0.15, 0.2) is 4.52 Å². The number of carbonyl (C=O) groups is 3. The highest BCUT2D eigenvalue weighted by Gasteiger charge is 2.44. The number of hydrogen-bond donors (Lipinski definition) is 3. The van der Waals surface area contributed by atoms with Crippen molar-refractivity contribution in [2.24, 2.45) is 0 Å². The van der Waals surface area contributed by atoms with Crippen LogP contribution in [0.5, 0.6) is 0 Å². The van der Waals surface area contributed by atoms with E-state index in [0.29, 0.717) is 11.7 Å². The van der Waals surface area contributed by atoms with E-state index in [1.54, 1.807) is 6.92 Å². The topological polar surface area (TPSA) is 126 Å². The number of aryl methyl sites for hydroxylation is 1. The minimum Gasteiger partial charge on any atom is -0.343 e. The number of nitrogens with one attached hydrogen (secondary N) is 3. The first kappa shape index (κ1) is 13.5. The number of amides is 4. The van der Waals surface area contributed by atoms with Crippen LogP contribution in [0.4, 0.5) is 4.79 Å². The van der Waals surface area contributed by atoms with Gasteiger partial charge in [0.15, 0.2) is 5.82 Å². The molecular weight excluding hydrogens is 278 g/mol. The van der Waals surface area contributed by atoms with E-state index in [9.17, 15) is 14.4 Å². The third kappa shape index (κ3) is 2.46. The van der Waals surface area contributed by atoms with Crippen LogP contribution in [-0.4, -0.2) is 34.0 Å². The second kappa shape index (κ2) is 4.83. The molecule has 1 aromatic heterocycles. The molecule has 112 valence electrons. The minimum absolute atomic E-state index is 0.115. The standard InChI is InChI=1S/C12H15N5O4/c1-6-13-10(17-21-6)12(3-2-4-12)16-8(18)5-7-9(19)15-11(20)14-7/h7H,2-5H2,1H3,(H,16,18)(H2,14,15,19,20)/t7-/m0/s1. The predicted octanol–water partition coefficient (Wildman–Crippen LogP) is -0.528. The van der Waals surface area contributed by atoms with Crippen molar-refractivity contribution in [1.82, 2.24) is 26.1 Å². The van der Waals surface area contributed by atoms with E-state index < -0.39 is 23.5 Å². The summed E-state index contributed by atoms with van der Waals surface area (Å²) >= 11 is 0. The van der Waals surface area contributed by atoms with Crippen LogP contribution in [0.25, 0.3) is 0 Å². The monoisotopic (exact) mass is 293 g/mol. The summed E-state index contributed by atoms with van der Waals surface area (Å²) in [7, 11) is 0. The average molecular weight is 293 g/mol. The molecule has 4 amide bonds. The van der Waals surface area contributed by atoms with Gasteiger partial charge in [0.25, 0.3) is 5.91 Å². The molecule has 0 spiro atoms. The summed E-state index contributed by atoms with van der Waals surface area (Å²) < 4.78 is 4.96. The van der Waals surface area contributed by atoms with Gasteiger partial charge in [-0.25, -0.2) is 4.79 Å². The van der Waals surface area contributed by atoms with Gasteiger partial charge in [0.05, 0.1) is 6.42 Å². The average Bonchev–Trinajstić information content (AvgIpc) is 2.91. The fourth-order valence-corrected chi connectivity index (χ4v) is 2.53. The predicted molar refractivity (Wildman–Crippen MR) is 67.8 cm³/mol. The van der Waals surface area contributed by atoms with E-state index >= 15 is 0 Å². The Bertz CT molecular complexity index is 607. The molecule has 2 fully saturated rings. The van der Waals surface area contributed by atoms with Crippen LogP contribution in [-0.2, 0) is 15.1 Å². The van der Waals surface area contributed by atoms with Crippen LogP contribution >= 0.6 is 0 Å². The van der Waals surface area contributed by atoms with E-state index in [0.717, 1.165) is 19.3 Å². The zero-order chi connectivity index (χ0) is 15.0. The van der Waals surface area contributed by atoms with Crippen molar-refractivity contribution >= 4 is 17.8 Å². The lowest BCUT2D eigenvalue weighted by Crippen LogP contribution is -2.52. The third-order valence-electron chi connectivity index (χ3n) is 3.79. The molecule has 2 aliphatic rings. The zero-order valence-corrected chi connectivity index (χ0v) is 11.4. The van der Waals surface area contributed by atoms with E-state index in [1.807, 2.05) is 0 Å². The molecule has 1 saturated heterocycles. The summed E-state index contributed by atoms with van der Waals surface area (Å²) in [5, 5.41) is 11.2. The lowest BCUT2D eigenvalue weighted by atomic mass is 9.76. The molecule has 3 rings (SSSR count). The highest BCUT2D eigenvalue weighted by atomic mass is 16.5. The molecule has 1 aliphatic heterocycles. The number of aromatic nitrogens is 2. The summed E-state index contributed by atoms with van der Waals surface area (Å²) in [6.07, 6.45) is 2.28. The highest BCUT2D eigenvalue weighted by Crippen LogP contribution is 2.39. The van der Waals surface area contributed by atoms with Crippen LogP contribution in [0.3, 0.4) is 0 Å². The molecule has 3 N–H and O–H groups in total. The van der Waals surface area contributed by atoms with Crippen LogP contribution in [0.2, 0.25) is 0 Å². The number of hydrogen-bond acceptors (Lipinski definition) is 6. The lowest BCUT2D eigenvalue weighted by Gasteiger charge is -2.39. The molecule has 9 heteroatoms. The van der Waals surface area contributed by atoms with Gasteiger partial charge >= 0.3 is 6.03 Å². The number of nitrogens with zero attached hydrogens (tertiary/aromatic N) is 2. The largest absolute Gasteiger partial charge is 0.343 e. The van der Waals surface area contributed by atoms with Gasteiger partial charge in [0.2, 0.25) is 11.8 Å². The van der Waals surface area contributed by atoms with Gasteiger partial charge < -0.3 is 15.2 Å². The van der Waals surface area contributed by atoms with Gasteiger partial charge in [-0.1, -0.05) is 5.16 Å². The number of urea groups is 1. The lowest BCUT2D eigenvalue weighted by molar-refractivity contribution is -0.128. The van der Waals surface area contributed by atoms with Crippen LogP contribution in [0, 0.1) is 6.92 Å². The number of imide groups is 1. The fraction of sp³-hybridized carbons (Fsp3) is 0.583. The molecule has 0 bridgehead atoms. The molecule has 21 heavy (non-hydrogen) atoms. The van der Waals surface area contributed by atoms with Crippen molar-refractivity contribution in [2.75, 3.05) is 0 Å². The van der Waals surface area contributed by atoms with E-state index in [-0.39, 0.29) is 12.3 Å². The van der Waals surface area contributed by atoms with Gasteiger partial charge in [-0.2, -0.15) is 4.98 Å². The van der Waals surface area contributed by atoms with Crippen molar-refractivity contribution in [3.63, 3.8) is 0 Å². The maximum Gasteiger partial charge on any atom is 0.322 e. The molecule has 1 aromatic rings. The Kier molecular flexibility index (Phi) is 3.11. The summed E-state index contributed by atoms with van der Waals surface area (Å²) in [4.78, 5) is 38.7. The molecule has 0 unspecified atom stereocenters. The minimum atomic E-state index is -0.832. The van der Waals surface area contributed by atoms with Crippen LogP contribution < -0.4 is 16.0 Å². The molecule has 9 nitrogen and oxygen atoms in total. The van der Waals surface area contributed by atoms with Crippen LogP contribution in [0.1, 0.15) is 37.4 Å². The van der Waals surface area contributed by atoms with Gasteiger partial charge in [0.1, 0.15) is 11.6 Å². The third-order valence-corrected chi connectivity index (χ3v) is 3.79. The SMILES string of the molecule is Cc1nc(C2(NC(=O)C[C@@H]3NC(=O)NC3=O)CCC2)no1. The first-order valence-electron chi connectivity index (χ1n) is 6.72. The Labute approximate surface area is 119 Å². The van der Waals surface area contributed by atoms with Crippen molar-refractivity contribution < 1.29 is 18.9 Å². The first-order chi connectivity index (χ1) is 9.98. The Hall–Kier alpha value is -2.45. The molecule has 1 atom stereocenters. The number of rotatable bonds is 4. The van der Waals surface area contributed by atoms with E-state index in [4.69, 9.17) is 4.52 Å². The summed E-state index contributed by atoms with van der Waals surface area (Å²) in [6.45, 7) is 1.68. The van der Waals surface area contributed by atoms with Crippen molar-refractivity contribution in [2.45, 2.75) is 44.2 Å². The summed E-state index contributed by atoms with van der Waals surface area (Å²) in [5.74, 6) is 0.0696. The number of carbonyl (C=O) groups excluding carboxylic acids is 3. The first-order valence-corrected chi connectivity index (χ1v) is 6.72.